The van der Waals surface area contributed by atoms with Crippen molar-refractivity contribution in [3.63, 3.8) is 0 Å². The summed E-state index contributed by atoms with van der Waals surface area (Å²) >= 11 is 0. The van der Waals surface area contributed by atoms with Gasteiger partial charge in [0, 0.05) is 19.3 Å². The first-order valence-electron chi connectivity index (χ1n) is 8.65. The molecule has 0 atom stereocenters. The minimum Gasteiger partial charge on any atom is -0.484 e. The number of hydrogen-bond donors (Lipinski definition) is 2. The van der Waals surface area contributed by atoms with E-state index < -0.39 is 22.6 Å². The SMILES string of the molecule is CCNC(=NCc1ccc(OCC(F)(F)F)cc1)NCCOCCS(C)(=O)=O.I. The Balaban J connectivity index is 0.00000784. The molecule has 12 heteroatoms. The molecule has 0 unspecified atom stereocenters. The molecule has 7 nitrogen and oxygen atoms in total. The van der Waals surface area contributed by atoms with Crippen LogP contribution < -0.4 is 15.4 Å². The molecule has 0 aromatic heterocycles. The molecule has 0 bridgehead atoms. The molecular weight excluding hydrogens is 526 g/mol. The number of benzene rings is 1. The first-order valence-corrected chi connectivity index (χ1v) is 10.7. The number of nitrogens with one attached hydrogen (secondary N) is 2. The Hall–Kier alpha value is -1.28. The zero-order valence-corrected chi connectivity index (χ0v) is 19.4. The number of nitrogens with zero attached hydrogens (tertiary/aromatic N) is 1. The van der Waals surface area contributed by atoms with Crippen LogP contribution in [0.3, 0.4) is 0 Å². The van der Waals surface area contributed by atoms with E-state index in [2.05, 4.69) is 20.4 Å². The van der Waals surface area contributed by atoms with Gasteiger partial charge in [-0.25, -0.2) is 13.4 Å². The van der Waals surface area contributed by atoms with Crippen LogP contribution in [0.25, 0.3) is 0 Å². The second-order valence-corrected chi connectivity index (χ2v) is 8.17. The monoisotopic (exact) mass is 553 g/mol. The number of guanidine groups is 1. The third-order valence-electron chi connectivity index (χ3n) is 3.23. The molecular formula is C17H27F3IN3O4S. The summed E-state index contributed by atoms with van der Waals surface area (Å²) in [5.41, 5.74) is 0.806. The van der Waals surface area contributed by atoms with Gasteiger partial charge in [0.05, 0.1) is 25.5 Å². The van der Waals surface area contributed by atoms with E-state index in [0.29, 0.717) is 32.2 Å². The van der Waals surface area contributed by atoms with Gasteiger partial charge in [-0.3, -0.25) is 0 Å². The average molecular weight is 553 g/mol. The van der Waals surface area contributed by atoms with Gasteiger partial charge in [0.1, 0.15) is 15.6 Å². The molecule has 0 aliphatic heterocycles. The molecule has 1 aromatic rings. The van der Waals surface area contributed by atoms with E-state index in [4.69, 9.17) is 4.74 Å². The minimum absolute atomic E-state index is 0. The molecule has 0 amide bonds. The standard InChI is InChI=1S/C17H26F3N3O4S.HI/c1-3-21-16(22-8-9-26-10-11-28(2,24)25)23-12-14-4-6-15(7-5-14)27-13-17(18,19)20;/h4-7H,3,8-13H2,1-2H3,(H2,21,22,23);1H. The lowest BCUT2D eigenvalue weighted by Gasteiger charge is -2.12. The third-order valence-corrected chi connectivity index (χ3v) is 4.14. The second-order valence-electron chi connectivity index (χ2n) is 5.91. The van der Waals surface area contributed by atoms with Crippen molar-refractivity contribution in [2.24, 2.45) is 4.99 Å². The van der Waals surface area contributed by atoms with E-state index in [1.807, 2.05) is 6.92 Å². The molecule has 0 fully saturated rings. The van der Waals surface area contributed by atoms with E-state index in [9.17, 15) is 21.6 Å². The van der Waals surface area contributed by atoms with Crippen LogP contribution in [-0.2, 0) is 21.1 Å². The zero-order chi connectivity index (χ0) is 21.0. The van der Waals surface area contributed by atoms with Crippen LogP contribution in [0.5, 0.6) is 5.75 Å². The van der Waals surface area contributed by atoms with E-state index in [1.165, 1.54) is 12.1 Å². The number of aliphatic imine (C=N–C) groups is 1. The summed E-state index contributed by atoms with van der Waals surface area (Å²) in [6, 6.07) is 6.22. The topological polar surface area (TPSA) is 89.0 Å². The summed E-state index contributed by atoms with van der Waals surface area (Å²) in [7, 11) is -3.04. The van der Waals surface area contributed by atoms with Crippen LogP contribution >= 0.6 is 24.0 Å². The Morgan fingerprint density at radius 3 is 2.34 bits per heavy atom. The first kappa shape index (κ1) is 27.7. The lowest BCUT2D eigenvalue weighted by atomic mass is 10.2. The van der Waals surface area contributed by atoms with Crippen molar-refractivity contribution in [1.29, 1.82) is 0 Å². The number of hydrogen-bond acceptors (Lipinski definition) is 5. The Labute approximate surface area is 186 Å². The molecule has 0 spiro atoms. The molecule has 0 radical (unpaired) electrons. The number of sulfone groups is 1. The predicted octanol–water partition coefficient (Wildman–Crippen LogP) is 2.36. The molecule has 0 aliphatic rings. The Bertz CT molecular complexity index is 714. The smallest absolute Gasteiger partial charge is 0.422 e. The van der Waals surface area contributed by atoms with Crippen molar-refractivity contribution >= 4 is 39.8 Å². The highest BCUT2D eigenvalue weighted by atomic mass is 127. The normalized spacial score (nSPS) is 12.2. The highest BCUT2D eigenvalue weighted by molar-refractivity contribution is 14.0. The predicted molar refractivity (Wildman–Crippen MR) is 117 cm³/mol. The van der Waals surface area contributed by atoms with Crippen LogP contribution in [0, 0.1) is 0 Å². The second kappa shape index (κ2) is 13.9. The molecule has 29 heavy (non-hydrogen) atoms. The van der Waals surface area contributed by atoms with Crippen molar-refractivity contribution in [3.8, 4) is 5.75 Å². The number of alkyl halides is 3. The molecule has 1 aromatic carbocycles. The van der Waals surface area contributed by atoms with Crippen LogP contribution in [0.2, 0.25) is 0 Å². The lowest BCUT2D eigenvalue weighted by molar-refractivity contribution is -0.153. The van der Waals surface area contributed by atoms with E-state index in [-0.39, 0.29) is 42.1 Å². The fraction of sp³-hybridized carbons (Fsp3) is 0.588. The van der Waals surface area contributed by atoms with Crippen LogP contribution in [0.4, 0.5) is 13.2 Å². The van der Waals surface area contributed by atoms with Crippen LogP contribution in [-0.4, -0.2) is 65.5 Å². The maximum Gasteiger partial charge on any atom is 0.422 e. The Morgan fingerprint density at radius 1 is 1.14 bits per heavy atom. The summed E-state index contributed by atoms with van der Waals surface area (Å²) in [4.78, 5) is 4.38. The summed E-state index contributed by atoms with van der Waals surface area (Å²) in [6.45, 7) is 2.45. The number of rotatable bonds is 11. The van der Waals surface area contributed by atoms with Gasteiger partial charge in [-0.1, -0.05) is 12.1 Å². The van der Waals surface area contributed by atoms with Crippen molar-refractivity contribution in [2.45, 2.75) is 19.6 Å². The molecule has 0 aliphatic carbocycles. The van der Waals surface area contributed by atoms with Crippen LogP contribution in [0.15, 0.2) is 29.3 Å². The van der Waals surface area contributed by atoms with E-state index >= 15 is 0 Å². The highest BCUT2D eigenvalue weighted by Crippen LogP contribution is 2.19. The largest absolute Gasteiger partial charge is 0.484 e. The first-order chi connectivity index (χ1) is 13.1. The van der Waals surface area contributed by atoms with Gasteiger partial charge in [-0.2, -0.15) is 13.2 Å². The minimum atomic E-state index is -4.37. The molecule has 0 heterocycles. The maximum absolute atomic E-state index is 12.1. The lowest BCUT2D eigenvalue weighted by Crippen LogP contribution is -2.39. The van der Waals surface area contributed by atoms with E-state index in [1.54, 1.807) is 12.1 Å². The van der Waals surface area contributed by atoms with Crippen molar-refractivity contribution in [3.05, 3.63) is 29.8 Å². The summed E-state index contributed by atoms with van der Waals surface area (Å²) in [5, 5.41) is 6.11. The fourth-order valence-electron chi connectivity index (χ4n) is 1.92. The Kier molecular flexibility index (Phi) is 13.2. The number of halogens is 4. The average Bonchev–Trinajstić information content (AvgIpc) is 2.60. The fourth-order valence-corrected chi connectivity index (χ4v) is 2.34. The van der Waals surface area contributed by atoms with Gasteiger partial charge in [-0.05, 0) is 24.6 Å². The maximum atomic E-state index is 12.1. The van der Waals surface area contributed by atoms with Gasteiger partial charge in [0.25, 0.3) is 0 Å². The van der Waals surface area contributed by atoms with Gasteiger partial charge in [0.2, 0.25) is 0 Å². The molecule has 168 valence electrons. The zero-order valence-electron chi connectivity index (χ0n) is 16.3. The van der Waals surface area contributed by atoms with Gasteiger partial charge in [-0.15, -0.1) is 24.0 Å². The highest BCUT2D eigenvalue weighted by Gasteiger charge is 2.28. The molecule has 1 rings (SSSR count). The van der Waals surface area contributed by atoms with Crippen molar-refractivity contribution < 1.29 is 31.1 Å². The molecule has 2 N–H and O–H groups in total. The summed E-state index contributed by atoms with van der Waals surface area (Å²) in [6.07, 6.45) is -3.22. The van der Waals surface area contributed by atoms with Gasteiger partial charge >= 0.3 is 6.18 Å². The van der Waals surface area contributed by atoms with Gasteiger partial charge in [0.15, 0.2) is 12.6 Å². The van der Waals surface area contributed by atoms with Gasteiger partial charge < -0.3 is 20.1 Å². The van der Waals surface area contributed by atoms with Crippen molar-refractivity contribution in [2.75, 3.05) is 44.9 Å². The number of ether oxygens (including phenoxy) is 2. The molecule has 0 saturated carbocycles. The van der Waals surface area contributed by atoms with Crippen molar-refractivity contribution in [1.82, 2.24) is 10.6 Å². The third kappa shape index (κ3) is 15.3. The summed E-state index contributed by atoms with van der Waals surface area (Å²) < 4.78 is 68.3. The molecule has 0 saturated heterocycles. The van der Waals surface area contributed by atoms with E-state index in [0.717, 1.165) is 11.8 Å². The van der Waals surface area contributed by atoms with Crippen LogP contribution in [0.1, 0.15) is 12.5 Å². The Morgan fingerprint density at radius 2 is 1.79 bits per heavy atom. The summed E-state index contributed by atoms with van der Waals surface area (Å²) in [5.74, 6) is 0.664. The quantitative estimate of drug-likeness (QED) is 0.190.